The maximum Gasteiger partial charge on any atom is 0.0714 e. The standard InChI is InChI=1S/C59H45N/c1-58(2)50-29-14-12-27-48(50)57-52(58)35-34-47(56(57)49-28-17-19-39-36-38-18-9-10-24-43(38)55(39)49)46-26-13-16-31-54(46)60-42-32-33-45-44-25-11-15-30-51(44)59(53(45)37-42,40-20-5-3-6-21-40)41-22-7-4-8-23-41/h3-13,15-28,30-35,37,60H,14,29,36H2,1-2H3. The SMILES string of the molecule is CC1(C)C2=C(C=CCC2)c2c1ccc(-c1ccccc1Nc1ccc3c(c1)C(c1ccccc1)(c1ccccc1)c1ccccc1-3)c2-c1cccc2c1-c1ccccc1C2. The Hall–Kier alpha value is -6.96. The van der Waals surface area contributed by atoms with Crippen LogP contribution < -0.4 is 5.32 Å². The van der Waals surface area contributed by atoms with Crippen LogP contribution >= 0.6 is 0 Å². The van der Waals surface area contributed by atoms with E-state index in [4.69, 9.17) is 0 Å². The zero-order valence-corrected chi connectivity index (χ0v) is 34.1. The Kier molecular flexibility index (Phi) is 7.75. The Morgan fingerprint density at radius 1 is 0.450 bits per heavy atom. The van der Waals surface area contributed by atoms with Crippen LogP contribution in [0.4, 0.5) is 11.4 Å². The van der Waals surface area contributed by atoms with E-state index in [0.29, 0.717) is 0 Å². The Morgan fingerprint density at radius 3 is 1.88 bits per heavy atom. The van der Waals surface area contributed by atoms with Crippen LogP contribution in [-0.4, -0.2) is 0 Å². The quantitative estimate of drug-likeness (QED) is 0.178. The predicted octanol–water partition coefficient (Wildman–Crippen LogP) is 15.1. The van der Waals surface area contributed by atoms with Gasteiger partial charge >= 0.3 is 0 Å². The van der Waals surface area contributed by atoms with E-state index in [1.165, 1.54) is 94.6 Å². The van der Waals surface area contributed by atoms with Gasteiger partial charge < -0.3 is 5.32 Å². The molecule has 0 saturated heterocycles. The minimum absolute atomic E-state index is 0.0394. The summed E-state index contributed by atoms with van der Waals surface area (Å²) in [5, 5.41) is 4.03. The van der Waals surface area contributed by atoms with Gasteiger partial charge in [-0.15, -0.1) is 0 Å². The van der Waals surface area contributed by atoms with Crippen molar-refractivity contribution in [2.24, 2.45) is 0 Å². The second-order valence-corrected chi connectivity index (χ2v) is 17.5. The number of hydrogen-bond acceptors (Lipinski definition) is 1. The van der Waals surface area contributed by atoms with Gasteiger partial charge in [-0.3, -0.25) is 0 Å². The Morgan fingerprint density at radius 2 is 1.08 bits per heavy atom. The highest BCUT2D eigenvalue weighted by Gasteiger charge is 2.46. The van der Waals surface area contributed by atoms with Crippen LogP contribution in [0, 0.1) is 0 Å². The van der Waals surface area contributed by atoms with Crippen molar-refractivity contribution in [3.05, 3.63) is 244 Å². The van der Waals surface area contributed by atoms with Crippen LogP contribution in [-0.2, 0) is 17.3 Å². The molecule has 0 radical (unpaired) electrons. The lowest BCUT2D eigenvalue weighted by Crippen LogP contribution is -2.28. The average molecular weight is 768 g/mol. The molecule has 12 rings (SSSR count). The average Bonchev–Trinajstić information content (AvgIpc) is 3.91. The molecular formula is C59H45N. The molecule has 0 heterocycles. The number of para-hydroxylation sites is 1. The van der Waals surface area contributed by atoms with E-state index < -0.39 is 5.41 Å². The lowest BCUT2D eigenvalue weighted by atomic mass is 9.67. The van der Waals surface area contributed by atoms with E-state index in [1.807, 2.05) is 0 Å². The van der Waals surface area contributed by atoms with E-state index in [9.17, 15) is 0 Å². The summed E-state index contributed by atoms with van der Waals surface area (Å²) in [4.78, 5) is 0. The molecule has 1 nitrogen and oxygen atoms in total. The molecule has 1 heteroatoms. The fourth-order valence-electron chi connectivity index (χ4n) is 11.5. The molecule has 8 aromatic rings. The van der Waals surface area contributed by atoms with Crippen molar-refractivity contribution in [3.8, 4) is 44.5 Å². The second-order valence-electron chi connectivity index (χ2n) is 17.5. The van der Waals surface area contributed by atoms with E-state index in [0.717, 1.165) is 30.6 Å². The highest BCUT2D eigenvalue weighted by atomic mass is 14.9. The third-order valence-corrected chi connectivity index (χ3v) is 14.1. The van der Waals surface area contributed by atoms with E-state index in [2.05, 4.69) is 213 Å². The first-order valence-electron chi connectivity index (χ1n) is 21.5. The molecule has 4 aliphatic rings. The van der Waals surface area contributed by atoms with Gasteiger partial charge in [-0.2, -0.15) is 0 Å². The molecule has 286 valence electrons. The molecule has 60 heavy (non-hydrogen) atoms. The zero-order chi connectivity index (χ0) is 40.0. The summed E-state index contributed by atoms with van der Waals surface area (Å²) in [5.74, 6) is 0. The molecule has 0 aliphatic heterocycles. The Labute approximate surface area is 353 Å². The summed E-state index contributed by atoms with van der Waals surface area (Å²) in [5.41, 5.74) is 25.9. The van der Waals surface area contributed by atoms with Crippen molar-refractivity contribution >= 4 is 16.9 Å². The van der Waals surface area contributed by atoms with Gasteiger partial charge in [-0.1, -0.05) is 195 Å². The largest absolute Gasteiger partial charge is 0.355 e. The maximum atomic E-state index is 4.03. The number of anilines is 2. The monoisotopic (exact) mass is 767 g/mol. The van der Waals surface area contributed by atoms with Crippen LogP contribution in [0.25, 0.3) is 50.1 Å². The van der Waals surface area contributed by atoms with Crippen molar-refractivity contribution in [1.82, 2.24) is 0 Å². The summed E-state index contributed by atoms with van der Waals surface area (Å²) >= 11 is 0. The number of hydrogen-bond donors (Lipinski definition) is 1. The minimum Gasteiger partial charge on any atom is -0.355 e. The molecule has 0 unspecified atom stereocenters. The molecule has 0 atom stereocenters. The summed E-state index contributed by atoms with van der Waals surface area (Å²) < 4.78 is 0. The van der Waals surface area contributed by atoms with Gasteiger partial charge in [0.1, 0.15) is 0 Å². The van der Waals surface area contributed by atoms with E-state index in [-0.39, 0.29) is 5.41 Å². The summed E-state index contributed by atoms with van der Waals surface area (Å²) in [6.07, 6.45) is 7.98. The van der Waals surface area contributed by atoms with Crippen LogP contribution in [0.1, 0.15) is 71.2 Å². The van der Waals surface area contributed by atoms with Gasteiger partial charge in [-0.25, -0.2) is 0 Å². The van der Waals surface area contributed by atoms with Crippen molar-refractivity contribution in [1.29, 1.82) is 0 Å². The molecular weight excluding hydrogens is 723 g/mol. The molecule has 0 bridgehead atoms. The fraction of sp³-hybridized carbons (Fsp3) is 0.119. The number of nitrogens with one attached hydrogen (secondary N) is 1. The van der Waals surface area contributed by atoms with Gasteiger partial charge in [0.25, 0.3) is 0 Å². The molecule has 0 fully saturated rings. The number of fused-ring (bicyclic) bond motifs is 8. The normalized spacial score (nSPS) is 15.8. The van der Waals surface area contributed by atoms with Crippen molar-refractivity contribution < 1.29 is 0 Å². The second kappa shape index (κ2) is 13.3. The van der Waals surface area contributed by atoms with E-state index >= 15 is 0 Å². The predicted molar refractivity (Wildman–Crippen MR) is 251 cm³/mol. The summed E-state index contributed by atoms with van der Waals surface area (Å²) in [7, 11) is 0. The molecule has 0 aromatic heterocycles. The van der Waals surface area contributed by atoms with Gasteiger partial charge in [0, 0.05) is 22.4 Å². The van der Waals surface area contributed by atoms with E-state index in [1.54, 1.807) is 5.57 Å². The third kappa shape index (κ3) is 4.93. The molecule has 0 spiro atoms. The maximum absolute atomic E-state index is 4.03. The number of rotatable bonds is 6. The molecule has 0 saturated carbocycles. The van der Waals surface area contributed by atoms with Gasteiger partial charge in [0.15, 0.2) is 0 Å². The van der Waals surface area contributed by atoms with Gasteiger partial charge in [0.2, 0.25) is 0 Å². The first-order valence-corrected chi connectivity index (χ1v) is 21.5. The Balaban J connectivity index is 1.07. The van der Waals surface area contributed by atoms with Gasteiger partial charge in [-0.05, 0) is 126 Å². The van der Waals surface area contributed by atoms with Crippen molar-refractivity contribution in [2.45, 2.75) is 43.9 Å². The van der Waals surface area contributed by atoms with Crippen LogP contribution in [0.3, 0.4) is 0 Å². The Bertz CT molecular complexity index is 3070. The molecule has 4 aliphatic carbocycles. The first kappa shape index (κ1) is 35.0. The number of benzene rings is 8. The highest BCUT2D eigenvalue weighted by molar-refractivity contribution is 6.06. The smallest absolute Gasteiger partial charge is 0.0714 e. The number of allylic oxidation sites excluding steroid dienone is 4. The lowest BCUT2D eigenvalue weighted by molar-refractivity contribution is 0.607. The first-order chi connectivity index (χ1) is 29.5. The van der Waals surface area contributed by atoms with Crippen molar-refractivity contribution in [3.63, 3.8) is 0 Å². The molecule has 8 aromatic carbocycles. The van der Waals surface area contributed by atoms with Gasteiger partial charge in [0.05, 0.1) is 5.41 Å². The minimum atomic E-state index is -0.464. The summed E-state index contributed by atoms with van der Waals surface area (Å²) in [6, 6.07) is 68.0. The van der Waals surface area contributed by atoms with Crippen molar-refractivity contribution in [2.75, 3.05) is 5.32 Å². The topological polar surface area (TPSA) is 12.0 Å². The zero-order valence-electron chi connectivity index (χ0n) is 34.1. The van der Waals surface area contributed by atoms with Crippen LogP contribution in [0.5, 0.6) is 0 Å². The fourth-order valence-corrected chi connectivity index (χ4v) is 11.5. The highest BCUT2D eigenvalue weighted by Crippen LogP contribution is 2.59. The summed E-state index contributed by atoms with van der Waals surface area (Å²) in [6.45, 7) is 4.88. The molecule has 0 amide bonds. The van der Waals surface area contributed by atoms with Crippen LogP contribution in [0.2, 0.25) is 0 Å². The molecule has 1 N–H and O–H groups in total. The van der Waals surface area contributed by atoms with Crippen LogP contribution in [0.15, 0.2) is 200 Å². The third-order valence-electron chi connectivity index (χ3n) is 14.1. The lowest BCUT2D eigenvalue weighted by Gasteiger charge is -2.34.